The Morgan fingerprint density at radius 1 is 0.586 bits per heavy atom. The standard InChI is InChI=1S/C27H18O2/c1-28-19-12-10-17(11-13-19)23-14-18-15-27-25(22-8-4-5-9-26(22)29-27)16-24(18)21-7-3-2-6-20(21)23/h2-16H,1H3. The quantitative estimate of drug-likeness (QED) is 0.292. The number of rotatable bonds is 2. The van der Waals surface area contributed by atoms with Gasteiger partial charge in [-0.25, -0.2) is 0 Å². The third-order valence-electron chi connectivity index (χ3n) is 5.76. The van der Waals surface area contributed by atoms with Crippen molar-refractivity contribution in [1.82, 2.24) is 0 Å². The Bertz CT molecular complexity index is 1520. The highest BCUT2D eigenvalue weighted by atomic mass is 16.5. The lowest BCUT2D eigenvalue weighted by Gasteiger charge is -2.12. The van der Waals surface area contributed by atoms with Gasteiger partial charge in [-0.05, 0) is 69.1 Å². The van der Waals surface area contributed by atoms with Crippen LogP contribution in [0.2, 0.25) is 0 Å². The fourth-order valence-corrected chi connectivity index (χ4v) is 4.34. The number of ether oxygens (including phenoxy) is 1. The number of hydrogen-bond acceptors (Lipinski definition) is 2. The van der Waals surface area contributed by atoms with E-state index < -0.39 is 0 Å². The molecule has 6 rings (SSSR count). The van der Waals surface area contributed by atoms with Crippen LogP contribution in [0.4, 0.5) is 0 Å². The fraction of sp³-hybridized carbons (Fsp3) is 0.0370. The topological polar surface area (TPSA) is 22.4 Å². The molecule has 0 fully saturated rings. The van der Waals surface area contributed by atoms with Crippen molar-refractivity contribution >= 4 is 43.5 Å². The first-order valence-electron chi connectivity index (χ1n) is 9.73. The van der Waals surface area contributed by atoms with Crippen molar-refractivity contribution in [3.63, 3.8) is 0 Å². The molecule has 0 radical (unpaired) electrons. The molecule has 0 aliphatic carbocycles. The van der Waals surface area contributed by atoms with E-state index in [4.69, 9.17) is 9.15 Å². The van der Waals surface area contributed by atoms with Crippen molar-refractivity contribution < 1.29 is 9.15 Å². The van der Waals surface area contributed by atoms with Gasteiger partial charge in [-0.3, -0.25) is 0 Å². The predicted molar refractivity (Wildman–Crippen MR) is 121 cm³/mol. The lowest BCUT2D eigenvalue weighted by atomic mass is 9.92. The molecule has 29 heavy (non-hydrogen) atoms. The third-order valence-corrected chi connectivity index (χ3v) is 5.76. The molecule has 0 saturated carbocycles. The van der Waals surface area contributed by atoms with Gasteiger partial charge in [-0.2, -0.15) is 0 Å². The van der Waals surface area contributed by atoms with Crippen molar-refractivity contribution in [3.05, 3.63) is 91.0 Å². The van der Waals surface area contributed by atoms with Crippen molar-refractivity contribution in [2.75, 3.05) is 7.11 Å². The Labute approximate surface area is 167 Å². The molecule has 0 unspecified atom stereocenters. The molecule has 0 saturated heterocycles. The van der Waals surface area contributed by atoms with Gasteiger partial charge in [0.15, 0.2) is 0 Å². The van der Waals surface area contributed by atoms with Crippen LogP contribution in [0.1, 0.15) is 0 Å². The maximum atomic E-state index is 6.13. The van der Waals surface area contributed by atoms with E-state index in [1.807, 2.05) is 24.3 Å². The Hall–Kier alpha value is -3.78. The number of methoxy groups -OCH3 is 1. The van der Waals surface area contributed by atoms with Gasteiger partial charge >= 0.3 is 0 Å². The van der Waals surface area contributed by atoms with E-state index in [1.54, 1.807) is 7.11 Å². The van der Waals surface area contributed by atoms with Gasteiger partial charge in [0.25, 0.3) is 0 Å². The van der Waals surface area contributed by atoms with Crippen LogP contribution >= 0.6 is 0 Å². The summed E-state index contributed by atoms with van der Waals surface area (Å²) in [6.07, 6.45) is 0. The molecule has 2 heteroatoms. The summed E-state index contributed by atoms with van der Waals surface area (Å²) in [4.78, 5) is 0. The lowest BCUT2D eigenvalue weighted by Crippen LogP contribution is -1.86. The minimum absolute atomic E-state index is 0.864. The summed E-state index contributed by atoms with van der Waals surface area (Å²) in [6, 6.07) is 31.8. The van der Waals surface area contributed by atoms with Crippen LogP contribution in [0, 0.1) is 0 Å². The maximum absolute atomic E-state index is 6.13. The van der Waals surface area contributed by atoms with Gasteiger partial charge < -0.3 is 9.15 Å². The molecular formula is C27H18O2. The molecule has 0 N–H and O–H groups in total. The average Bonchev–Trinajstić information content (AvgIpc) is 3.15. The third kappa shape index (κ3) is 2.43. The summed E-state index contributed by atoms with van der Waals surface area (Å²) >= 11 is 0. The molecule has 0 amide bonds. The Kier molecular flexibility index (Phi) is 3.41. The van der Waals surface area contributed by atoms with E-state index in [1.165, 1.54) is 32.7 Å². The van der Waals surface area contributed by atoms with Gasteiger partial charge in [0, 0.05) is 10.8 Å². The van der Waals surface area contributed by atoms with Gasteiger partial charge in [0.2, 0.25) is 0 Å². The zero-order valence-electron chi connectivity index (χ0n) is 16.0. The summed E-state index contributed by atoms with van der Waals surface area (Å²) in [7, 11) is 1.69. The molecule has 1 aromatic heterocycles. The van der Waals surface area contributed by atoms with Crippen molar-refractivity contribution in [3.8, 4) is 16.9 Å². The van der Waals surface area contributed by atoms with Crippen LogP contribution in [0.5, 0.6) is 5.75 Å². The number of hydrogen-bond donors (Lipinski definition) is 0. The smallest absolute Gasteiger partial charge is 0.136 e. The number of fused-ring (bicyclic) bond motifs is 6. The number of benzene rings is 5. The van der Waals surface area contributed by atoms with Crippen molar-refractivity contribution in [2.24, 2.45) is 0 Å². The minimum Gasteiger partial charge on any atom is -0.497 e. The predicted octanol–water partition coefficient (Wildman–Crippen LogP) is 7.57. The van der Waals surface area contributed by atoms with Gasteiger partial charge in [-0.15, -0.1) is 0 Å². The first-order valence-corrected chi connectivity index (χ1v) is 9.73. The summed E-state index contributed by atoms with van der Waals surface area (Å²) < 4.78 is 11.5. The van der Waals surface area contributed by atoms with E-state index in [9.17, 15) is 0 Å². The molecule has 0 aliphatic rings. The van der Waals surface area contributed by atoms with Crippen molar-refractivity contribution in [1.29, 1.82) is 0 Å². The van der Waals surface area contributed by atoms with Gasteiger partial charge in [0.05, 0.1) is 7.11 Å². The summed E-state index contributed by atoms with van der Waals surface area (Å²) in [6.45, 7) is 0. The van der Waals surface area contributed by atoms with Crippen LogP contribution in [-0.4, -0.2) is 7.11 Å². The molecule has 1 heterocycles. The minimum atomic E-state index is 0.864. The Balaban J connectivity index is 1.72. The highest BCUT2D eigenvalue weighted by molar-refractivity contribution is 6.19. The van der Waals surface area contributed by atoms with Crippen LogP contribution in [0.3, 0.4) is 0 Å². The SMILES string of the molecule is COc1ccc(-c2cc3cc4oc5ccccc5c4cc3c3ccccc23)cc1. The first-order chi connectivity index (χ1) is 14.3. The molecule has 0 atom stereocenters. The molecule has 5 aromatic carbocycles. The van der Waals surface area contributed by atoms with E-state index in [-0.39, 0.29) is 0 Å². The average molecular weight is 374 g/mol. The molecule has 0 aliphatic heterocycles. The van der Waals surface area contributed by atoms with E-state index in [0.29, 0.717) is 0 Å². The van der Waals surface area contributed by atoms with E-state index in [2.05, 4.69) is 66.7 Å². The number of para-hydroxylation sites is 1. The van der Waals surface area contributed by atoms with Gasteiger partial charge in [0.1, 0.15) is 16.9 Å². The van der Waals surface area contributed by atoms with E-state index in [0.717, 1.165) is 27.7 Å². The molecule has 0 spiro atoms. The van der Waals surface area contributed by atoms with Crippen LogP contribution in [0.15, 0.2) is 95.4 Å². The normalized spacial score (nSPS) is 11.6. The summed E-state index contributed by atoms with van der Waals surface area (Å²) in [5.41, 5.74) is 4.24. The Morgan fingerprint density at radius 3 is 2.10 bits per heavy atom. The Morgan fingerprint density at radius 2 is 1.31 bits per heavy atom. The van der Waals surface area contributed by atoms with Gasteiger partial charge in [-0.1, -0.05) is 54.6 Å². The number of furan rings is 1. The van der Waals surface area contributed by atoms with Crippen LogP contribution in [-0.2, 0) is 0 Å². The molecule has 2 nitrogen and oxygen atoms in total. The second-order valence-corrected chi connectivity index (χ2v) is 7.37. The zero-order valence-corrected chi connectivity index (χ0v) is 16.0. The lowest BCUT2D eigenvalue weighted by molar-refractivity contribution is 0.415. The second-order valence-electron chi connectivity index (χ2n) is 7.37. The fourth-order valence-electron chi connectivity index (χ4n) is 4.34. The first kappa shape index (κ1) is 16.2. The molecule has 6 aromatic rings. The largest absolute Gasteiger partial charge is 0.497 e. The molecule has 138 valence electrons. The highest BCUT2D eigenvalue weighted by Gasteiger charge is 2.13. The summed E-state index contributed by atoms with van der Waals surface area (Å²) in [5.74, 6) is 0.864. The molecular weight excluding hydrogens is 356 g/mol. The second kappa shape index (κ2) is 6.11. The van der Waals surface area contributed by atoms with E-state index >= 15 is 0 Å². The molecule has 0 bridgehead atoms. The van der Waals surface area contributed by atoms with Crippen LogP contribution < -0.4 is 4.74 Å². The van der Waals surface area contributed by atoms with Crippen LogP contribution in [0.25, 0.3) is 54.6 Å². The maximum Gasteiger partial charge on any atom is 0.136 e. The van der Waals surface area contributed by atoms with Crippen molar-refractivity contribution in [2.45, 2.75) is 0 Å². The zero-order chi connectivity index (χ0) is 19.4. The highest BCUT2D eigenvalue weighted by Crippen LogP contribution is 2.39. The monoisotopic (exact) mass is 374 g/mol. The summed E-state index contributed by atoms with van der Waals surface area (Å²) in [5, 5.41) is 7.25.